The number of benzene rings is 1. The van der Waals surface area contributed by atoms with Crippen LogP contribution in [0.1, 0.15) is 11.4 Å². The van der Waals surface area contributed by atoms with Crippen LogP contribution >= 0.6 is 11.8 Å². The van der Waals surface area contributed by atoms with E-state index < -0.39 is 0 Å². The summed E-state index contributed by atoms with van der Waals surface area (Å²) in [6.07, 6.45) is 0. The van der Waals surface area contributed by atoms with Crippen molar-refractivity contribution >= 4 is 17.7 Å². The summed E-state index contributed by atoms with van der Waals surface area (Å²) in [4.78, 5) is 11.9. The summed E-state index contributed by atoms with van der Waals surface area (Å²) in [5.74, 6) is 7.86. The van der Waals surface area contributed by atoms with Crippen LogP contribution in [0.5, 0.6) is 11.5 Å². The number of hydrogen-bond acceptors (Lipinski definition) is 7. The van der Waals surface area contributed by atoms with Crippen molar-refractivity contribution in [2.75, 3.05) is 18.4 Å². The highest BCUT2D eigenvalue weighted by molar-refractivity contribution is 7.99. The number of carbonyl (C=O) groups is 1. The van der Waals surface area contributed by atoms with Gasteiger partial charge in [0.25, 0.3) is 0 Å². The minimum atomic E-state index is -0.108. The smallest absolute Gasteiger partial charge is 0.231 e. The number of aryl methyl sites for hydroxylation is 1. The molecule has 0 aliphatic carbocycles. The molecule has 0 spiro atoms. The molecular weight excluding hydrogens is 306 g/mol. The van der Waals surface area contributed by atoms with Gasteiger partial charge in [-0.3, -0.25) is 4.79 Å². The second-order valence-corrected chi connectivity index (χ2v) is 5.60. The van der Waals surface area contributed by atoms with Gasteiger partial charge in [-0.2, -0.15) is 0 Å². The highest BCUT2D eigenvalue weighted by Crippen LogP contribution is 2.32. The molecule has 0 saturated carbocycles. The van der Waals surface area contributed by atoms with Gasteiger partial charge < -0.3 is 20.6 Å². The van der Waals surface area contributed by atoms with E-state index >= 15 is 0 Å². The zero-order chi connectivity index (χ0) is 15.5. The lowest BCUT2D eigenvalue weighted by Crippen LogP contribution is -2.25. The number of carbonyl (C=O) groups excluding carboxylic acids is 1. The Morgan fingerprint density at radius 2 is 2.23 bits per heavy atom. The monoisotopic (exact) mass is 321 g/mol. The first-order valence-electron chi connectivity index (χ1n) is 6.58. The van der Waals surface area contributed by atoms with E-state index in [-0.39, 0.29) is 18.5 Å². The number of nitrogens with one attached hydrogen (secondary N) is 1. The van der Waals surface area contributed by atoms with Crippen molar-refractivity contribution in [3.05, 3.63) is 29.6 Å². The number of nitrogens with two attached hydrogens (primary N) is 1. The van der Waals surface area contributed by atoms with Gasteiger partial charge in [-0.15, -0.1) is 10.2 Å². The summed E-state index contributed by atoms with van der Waals surface area (Å²) in [5.41, 5.74) is 0.945. The number of rotatable bonds is 5. The number of nitrogens with zero attached hydrogens (tertiary/aromatic N) is 3. The Bertz CT molecular complexity index is 703. The molecule has 2 heterocycles. The molecule has 22 heavy (non-hydrogen) atoms. The predicted molar refractivity (Wildman–Crippen MR) is 80.0 cm³/mol. The van der Waals surface area contributed by atoms with Crippen LogP contribution in [-0.4, -0.2) is 33.3 Å². The first kappa shape index (κ1) is 14.5. The Labute approximate surface area is 131 Å². The molecule has 0 bridgehead atoms. The van der Waals surface area contributed by atoms with E-state index in [1.54, 1.807) is 6.92 Å². The normalized spacial score (nSPS) is 12.4. The molecule has 1 aromatic carbocycles. The van der Waals surface area contributed by atoms with Gasteiger partial charge >= 0.3 is 0 Å². The molecule has 2 aromatic rings. The Hall–Kier alpha value is -2.42. The van der Waals surface area contributed by atoms with Crippen LogP contribution in [0.4, 0.5) is 0 Å². The summed E-state index contributed by atoms with van der Waals surface area (Å²) in [5, 5.41) is 11.1. The van der Waals surface area contributed by atoms with Crippen molar-refractivity contribution in [3.8, 4) is 11.5 Å². The van der Waals surface area contributed by atoms with Crippen molar-refractivity contribution in [3.63, 3.8) is 0 Å². The molecule has 0 radical (unpaired) electrons. The summed E-state index contributed by atoms with van der Waals surface area (Å²) in [6.45, 7) is 2.40. The van der Waals surface area contributed by atoms with E-state index in [1.165, 1.54) is 16.4 Å². The predicted octanol–water partition coefficient (Wildman–Crippen LogP) is 0.438. The Morgan fingerprint density at radius 1 is 1.41 bits per heavy atom. The molecule has 3 rings (SSSR count). The van der Waals surface area contributed by atoms with E-state index in [2.05, 4.69) is 15.5 Å². The number of aromatic nitrogens is 3. The van der Waals surface area contributed by atoms with Crippen molar-refractivity contribution in [2.45, 2.75) is 18.6 Å². The minimum absolute atomic E-state index is 0.108. The highest BCUT2D eigenvalue weighted by atomic mass is 32.2. The largest absolute Gasteiger partial charge is 0.454 e. The number of thioether (sulfide) groups is 1. The van der Waals surface area contributed by atoms with E-state index in [0.29, 0.717) is 23.3 Å². The molecule has 116 valence electrons. The van der Waals surface area contributed by atoms with Gasteiger partial charge in [-0.1, -0.05) is 17.8 Å². The molecular formula is C13H15N5O3S. The van der Waals surface area contributed by atoms with Crippen LogP contribution in [0.15, 0.2) is 23.4 Å². The Balaban J connectivity index is 1.49. The molecule has 8 nitrogen and oxygen atoms in total. The maximum absolute atomic E-state index is 11.9. The third-order valence-electron chi connectivity index (χ3n) is 3.09. The van der Waals surface area contributed by atoms with E-state index in [4.69, 9.17) is 15.3 Å². The number of amides is 1. The average Bonchev–Trinajstić information content (AvgIpc) is 3.11. The fraction of sp³-hybridized carbons (Fsp3) is 0.308. The molecule has 1 aliphatic heterocycles. The van der Waals surface area contributed by atoms with Crippen LogP contribution in [0.3, 0.4) is 0 Å². The lowest BCUT2D eigenvalue weighted by atomic mass is 10.2. The molecule has 0 fully saturated rings. The zero-order valence-corrected chi connectivity index (χ0v) is 12.7. The van der Waals surface area contributed by atoms with Gasteiger partial charge in [-0.05, 0) is 24.6 Å². The van der Waals surface area contributed by atoms with Crippen molar-refractivity contribution in [1.82, 2.24) is 20.2 Å². The summed E-state index contributed by atoms with van der Waals surface area (Å²) >= 11 is 1.24. The lowest BCUT2D eigenvalue weighted by Gasteiger charge is -2.06. The van der Waals surface area contributed by atoms with Crippen LogP contribution < -0.4 is 20.6 Å². The van der Waals surface area contributed by atoms with Crippen LogP contribution in [-0.2, 0) is 11.3 Å². The number of nitrogen functional groups attached to an aromatic ring is 1. The van der Waals surface area contributed by atoms with E-state index in [1.807, 2.05) is 18.2 Å². The topological polar surface area (TPSA) is 104 Å². The quantitative estimate of drug-likeness (QED) is 0.608. The molecule has 1 aromatic heterocycles. The summed E-state index contributed by atoms with van der Waals surface area (Å²) in [7, 11) is 0. The minimum Gasteiger partial charge on any atom is -0.454 e. The summed E-state index contributed by atoms with van der Waals surface area (Å²) in [6, 6.07) is 5.58. The van der Waals surface area contributed by atoms with Gasteiger partial charge in [0.1, 0.15) is 5.82 Å². The van der Waals surface area contributed by atoms with Gasteiger partial charge in [0.2, 0.25) is 17.9 Å². The van der Waals surface area contributed by atoms with Crippen LogP contribution in [0.2, 0.25) is 0 Å². The lowest BCUT2D eigenvalue weighted by molar-refractivity contribution is -0.118. The number of fused-ring (bicyclic) bond motifs is 1. The first-order chi connectivity index (χ1) is 10.6. The van der Waals surface area contributed by atoms with Crippen LogP contribution in [0.25, 0.3) is 0 Å². The fourth-order valence-electron chi connectivity index (χ4n) is 1.88. The molecule has 0 unspecified atom stereocenters. The second-order valence-electron chi connectivity index (χ2n) is 4.65. The average molecular weight is 321 g/mol. The van der Waals surface area contributed by atoms with E-state index in [0.717, 1.165) is 11.3 Å². The zero-order valence-electron chi connectivity index (χ0n) is 11.9. The van der Waals surface area contributed by atoms with Gasteiger partial charge in [0.05, 0.1) is 5.75 Å². The standard InChI is InChI=1S/C13H15N5O3S/c1-8-16-17-13(18(8)14)22-6-12(19)15-5-9-2-3-10-11(4-9)21-7-20-10/h2-4H,5-7,14H2,1H3,(H,15,19). The van der Waals surface area contributed by atoms with Crippen LogP contribution in [0, 0.1) is 6.92 Å². The van der Waals surface area contributed by atoms with Gasteiger partial charge in [-0.25, -0.2) is 4.68 Å². The maximum Gasteiger partial charge on any atom is 0.231 e. The maximum atomic E-state index is 11.9. The molecule has 1 amide bonds. The highest BCUT2D eigenvalue weighted by Gasteiger charge is 2.14. The molecule has 3 N–H and O–H groups in total. The molecule has 0 atom stereocenters. The van der Waals surface area contributed by atoms with Gasteiger partial charge in [0.15, 0.2) is 11.5 Å². The molecule has 1 aliphatic rings. The fourth-order valence-corrected chi connectivity index (χ4v) is 2.61. The Kier molecular flexibility index (Phi) is 4.05. The first-order valence-corrected chi connectivity index (χ1v) is 7.57. The Morgan fingerprint density at radius 3 is 3.00 bits per heavy atom. The molecule has 0 saturated heterocycles. The number of hydrogen-bond donors (Lipinski definition) is 2. The molecule has 9 heteroatoms. The third kappa shape index (κ3) is 3.08. The van der Waals surface area contributed by atoms with Crippen molar-refractivity contribution < 1.29 is 14.3 Å². The van der Waals surface area contributed by atoms with Crippen molar-refractivity contribution in [2.24, 2.45) is 0 Å². The van der Waals surface area contributed by atoms with Crippen molar-refractivity contribution in [1.29, 1.82) is 0 Å². The van der Waals surface area contributed by atoms with Gasteiger partial charge in [0, 0.05) is 6.54 Å². The summed E-state index contributed by atoms with van der Waals surface area (Å²) < 4.78 is 11.9. The SMILES string of the molecule is Cc1nnc(SCC(=O)NCc2ccc3c(c2)OCO3)n1N. The van der Waals surface area contributed by atoms with E-state index in [9.17, 15) is 4.79 Å². The third-order valence-corrected chi connectivity index (χ3v) is 4.04. The number of ether oxygens (including phenoxy) is 2. The second kappa shape index (κ2) is 6.14.